The summed E-state index contributed by atoms with van der Waals surface area (Å²) in [5.41, 5.74) is 2.11. The van der Waals surface area contributed by atoms with E-state index in [0.717, 1.165) is 25.9 Å². The molecule has 1 aromatic carbocycles. The van der Waals surface area contributed by atoms with Crippen LogP contribution in [0, 0.1) is 5.82 Å². The molecule has 0 atom stereocenters. The Kier molecular flexibility index (Phi) is 6.87. The van der Waals surface area contributed by atoms with Gasteiger partial charge in [0.15, 0.2) is 0 Å². The maximum absolute atomic E-state index is 14.1. The molecule has 2 aromatic heterocycles. The second-order valence-corrected chi connectivity index (χ2v) is 7.74. The molecule has 3 aromatic rings. The number of alkyl halides is 2. The van der Waals surface area contributed by atoms with Crippen LogP contribution in [-0.4, -0.2) is 47.8 Å². The number of benzene rings is 1. The van der Waals surface area contributed by atoms with Crippen molar-refractivity contribution >= 4 is 17.8 Å². The molecular formula is C22H23F3N6O2. The Balaban J connectivity index is 1.54. The normalized spacial score (nSPS) is 14.5. The second kappa shape index (κ2) is 9.99. The van der Waals surface area contributed by atoms with E-state index in [1.54, 1.807) is 18.2 Å². The summed E-state index contributed by atoms with van der Waals surface area (Å²) in [7, 11) is 1.91. The largest absolute Gasteiger partial charge is 0.415 e. The third-order valence-electron chi connectivity index (χ3n) is 5.64. The zero-order valence-electron chi connectivity index (χ0n) is 17.9. The van der Waals surface area contributed by atoms with Gasteiger partial charge in [-0.25, -0.2) is 4.39 Å². The lowest BCUT2D eigenvalue weighted by atomic mass is 10.0. The molecule has 1 fully saturated rings. The van der Waals surface area contributed by atoms with E-state index in [2.05, 4.69) is 20.5 Å². The molecule has 0 radical (unpaired) electrons. The van der Waals surface area contributed by atoms with Crippen molar-refractivity contribution in [1.82, 2.24) is 20.5 Å². The summed E-state index contributed by atoms with van der Waals surface area (Å²) in [6, 6.07) is 7.79. The van der Waals surface area contributed by atoms with Gasteiger partial charge in [-0.15, -0.1) is 10.2 Å². The summed E-state index contributed by atoms with van der Waals surface area (Å²) in [6.07, 6.45) is 1.06. The molecule has 8 nitrogen and oxygen atoms in total. The third kappa shape index (κ3) is 5.14. The fourth-order valence-electron chi connectivity index (χ4n) is 3.85. The number of rotatable bonds is 8. The Bertz CT molecular complexity index is 1090. The Hall–Kier alpha value is -3.47. The molecule has 0 unspecified atom stereocenters. The molecule has 0 saturated carbocycles. The molecule has 0 aliphatic carbocycles. The van der Waals surface area contributed by atoms with Gasteiger partial charge in [0.05, 0.1) is 29.2 Å². The number of carbonyl (C=O) groups is 1. The second-order valence-electron chi connectivity index (χ2n) is 7.74. The molecule has 33 heavy (non-hydrogen) atoms. The van der Waals surface area contributed by atoms with Crippen molar-refractivity contribution in [2.45, 2.75) is 31.9 Å². The number of halogens is 3. The maximum Gasteiger partial charge on any atom is 0.314 e. The van der Waals surface area contributed by atoms with Crippen LogP contribution in [0.4, 0.5) is 24.5 Å². The number of nitrogens with zero attached hydrogens (tertiary/aromatic N) is 5. The highest BCUT2D eigenvalue weighted by atomic mass is 19.3. The number of anilines is 2. The minimum atomic E-state index is -2.85. The fraction of sp³-hybridized carbons (Fsp3) is 0.364. The Labute approximate surface area is 188 Å². The van der Waals surface area contributed by atoms with Crippen molar-refractivity contribution in [3.63, 3.8) is 0 Å². The van der Waals surface area contributed by atoms with Crippen LogP contribution < -0.4 is 15.1 Å². The SMILES string of the molecule is CN(c1cc(F)ccc1N(C=O)Cc1ccc(-c2nnc(C(F)F)o2)cn1)C1CCNCC1. The summed E-state index contributed by atoms with van der Waals surface area (Å²) < 4.78 is 44.3. The third-order valence-corrected chi connectivity index (χ3v) is 5.64. The first-order valence-corrected chi connectivity index (χ1v) is 10.5. The van der Waals surface area contributed by atoms with Gasteiger partial charge in [0.25, 0.3) is 5.89 Å². The minimum Gasteiger partial charge on any atom is -0.415 e. The smallest absolute Gasteiger partial charge is 0.314 e. The van der Waals surface area contributed by atoms with Gasteiger partial charge in [0.2, 0.25) is 12.3 Å². The standard InChI is InChI=1S/C22H23F3N6O2/c1-30(17-6-8-26-9-7-17)19-10-15(23)3-5-18(19)31(13-32)12-16-4-2-14(11-27-16)21-28-29-22(33-21)20(24)25/h2-5,10-11,13,17,20,26H,6-9,12H2,1H3. The quantitative estimate of drug-likeness (QED) is 0.515. The van der Waals surface area contributed by atoms with E-state index in [-0.39, 0.29) is 24.3 Å². The number of hydrogen-bond donors (Lipinski definition) is 1. The van der Waals surface area contributed by atoms with Crippen molar-refractivity contribution in [3.8, 4) is 11.5 Å². The lowest BCUT2D eigenvalue weighted by molar-refractivity contribution is -0.107. The molecule has 4 rings (SSSR count). The van der Waals surface area contributed by atoms with Gasteiger partial charge in [-0.05, 0) is 56.3 Å². The van der Waals surface area contributed by atoms with Gasteiger partial charge >= 0.3 is 6.43 Å². The van der Waals surface area contributed by atoms with Crippen molar-refractivity contribution in [2.75, 3.05) is 29.9 Å². The first-order chi connectivity index (χ1) is 16.0. The van der Waals surface area contributed by atoms with Gasteiger partial charge < -0.3 is 19.5 Å². The van der Waals surface area contributed by atoms with E-state index >= 15 is 0 Å². The highest BCUT2D eigenvalue weighted by molar-refractivity contribution is 5.84. The Morgan fingerprint density at radius 2 is 1.97 bits per heavy atom. The number of nitrogens with one attached hydrogen (secondary N) is 1. The highest BCUT2D eigenvalue weighted by Crippen LogP contribution is 2.33. The number of hydrogen-bond acceptors (Lipinski definition) is 7. The first kappa shape index (κ1) is 22.7. The molecule has 1 saturated heterocycles. The Morgan fingerprint density at radius 1 is 1.18 bits per heavy atom. The summed E-state index contributed by atoms with van der Waals surface area (Å²) >= 11 is 0. The van der Waals surface area contributed by atoms with E-state index < -0.39 is 12.3 Å². The van der Waals surface area contributed by atoms with Crippen LogP contribution in [-0.2, 0) is 11.3 Å². The molecule has 11 heteroatoms. The number of pyridine rings is 1. The molecule has 1 aliphatic heterocycles. The van der Waals surface area contributed by atoms with E-state index in [4.69, 9.17) is 4.42 Å². The molecule has 1 amide bonds. The molecule has 1 aliphatic rings. The summed E-state index contributed by atoms with van der Waals surface area (Å²) in [5, 5.41) is 10.2. The van der Waals surface area contributed by atoms with Gasteiger partial charge in [-0.3, -0.25) is 9.78 Å². The molecule has 0 spiro atoms. The van der Waals surface area contributed by atoms with Crippen LogP contribution in [0.2, 0.25) is 0 Å². The first-order valence-electron chi connectivity index (χ1n) is 10.5. The number of carbonyl (C=O) groups excluding carboxylic acids is 1. The van der Waals surface area contributed by atoms with Gasteiger partial charge in [-0.1, -0.05) is 0 Å². The fourth-order valence-corrected chi connectivity index (χ4v) is 3.85. The molecule has 3 heterocycles. The predicted molar refractivity (Wildman–Crippen MR) is 115 cm³/mol. The highest BCUT2D eigenvalue weighted by Gasteiger charge is 2.23. The van der Waals surface area contributed by atoms with Crippen LogP contribution >= 0.6 is 0 Å². The lowest BCUT2D eigenvalue weighted by Gasteiger charge is -2.35. The Morgan fingerprint density at radius 3 is 2.61 bits per heavy atom. The molecule has 0 bridgehead atoms. The van der Waals surface area contributed by atoms with Crippen molar-refractivity contribution in [2.24, 2.45) is 0 Å². The molecule has 174 valence electrons. The minimum absolute atomic E-state index is 0.0685. The number of piperidine rings is 1. The van der Waals surface area contributed by atoms with E-state index in [1.807, 2.05) is 11.9 Å². The summed E-state index contributed by atoms with van der Waals surface area (Å²) in [5.74, 6) is -1.21. The lowest BCUT2D eigenvalue weighted by Crippen LogP contribution is -2.41. The van der Waals surface area contributed by atoms with Crippen LogP contribution in [0.3, 0.4) is 0 Å². The van der Waals surface area contributed by atoms with E-state index in [1.165, 1.54) is 23.2 Å². The monoisotopic (exact) mass is 460 g/mol. The number of aromatic nitrogens is 3. The van der Waals surface area contributed by atoms with Crippen molar-refractivity contribution < 1.29 is 22.4 Å². The van der Waals surface area contributed by atoms with E-state index in [9.17, 15) is 18.0 Å². The zero-order chi connectivity index (χ0) is 23.4. The average molecular weight is 460 g/mol. The molecule has 1 N–H and O–H groups in total. The van der Waals surface area contributed by atoms with Gasteiger partial charge in [0, 0.05) is 19.3 Å². The van der Waals surface area contributed by atoms with Crippen LogP contribution in [0.5, 0.6) is 0 Å². The van der Waals surface area contributed by atoms with Crippen LogP contribution in [0.1, 0.15) is 30.9 Å². The maximum atomic E-state index is 14.1. The molecular weight excluding hydrogens is 437 g/mol. The van der Waals surface area contributed by atoms with E-state index in [0.29, 0.717) is 29.0 Å². The predicted octanol–water partition coefficient (Wildman–Crippen LogP) is 3.56. The van der Waals surface area contributed by atoms with Gasteiger partial charge in [0.1, 0.15) is 5.82 Å². The van der Waals surface area contributed by atoms with Crippen LogP contribution in [0.25, 0.3) is 11.5 Å². The summed E-state index contributed by atoms with van der Waals surface area (Å²) in [6.45, 7) is 1.90. The topological polar surface area (TPSA) is 87.4 Å². The number of amides is 1. The van der Waals surface area contributed by atoms with Crippen LogP contribution in [0.15, 0.2) is 40.9 Å². The summed E-state index contributed by atoms with van der Waals surface area (Å²) in [4.78, 5) is 19.7. The van der Waals surface area contributed by atoms with Crippen molar-refractivity contribution in [3.05, 3.63) is 53.9 Å². The zero-order valence-corrected chi connectivity index (χ0v) is 17.9. The average Bonchev–Trinajstić information content (AvgIpc) is 3.34. The van der Waals surface area contributed by atoms with Crippen molar-refractivity contribution in [1.29, 1.82) is 0 Å². The van der Waals surface area contributed by atoms with Gasteiger partial charge in [-0.2, -0.15) is 8.78 Å².